The zero-order chi connectivity index (χ0) is 29.0. The predicted octanol–water partition coefficient (Wildman–Crippen LogP) is 7.54. The maximum atomic E-state index is 13.5. The van der Waals surface area contributed by atoms with Crippen LogP contribution in [0.1, 0.15) is 11.1 Å². The summed E-state index contributed by atoms with van der Waals surface area (Å²) in [6, 6.07) is 38.9. The largest absolute Gasteiger partial charge is 0.472 e. The van der Waals surface area contributed by atoms with Crippen molar-refractivity contribution in [2.45, 2.75) is 22.9 Å². The third-order valence-corrected chi connectivity index (χ3v) is 10.2. The lowest BCUT2D eigenvalue weighted by molar-refractivity contribution is 0.293. The SMILES string of the molecule is O=S(=O)(c1ccc(N2COc3c(ccc4ccccc34)C2)cc1)c1ccc(N2COc3c(ccc4ccccc34)C2)cc1. The number of sulfone groups is 1. The highest BCUT2D eigenvalue weighted by Crippen LogP contribution is 2.37. The molecule has 0 unspecified atom stereocenters. The summed E-state index contributed by atoms with van der Waals surface area (Å²) in [6.07, 6.45) is 0. The highest BCUT2D eigenvalue weighted by molar-refractivity contribution is 7.91. The van der Waals surface area contributed by atoms with E-state index in [2.05, 4.69) is 58.3 Å². The van der Waals surface area contributed by atoms with E-state index >= 15 is 0 Å². The van der Waals surface area contributed by atoms with Crippen LogP contribution in [0.2, 0.25) is 0 Å². The van der Waals surface area contributed by atoms with Crippen molar-refractivity contribution in [3.63, 3.8) is 0 Å². The smallest absolute Gasteiger partial charge is 0.206 e. The number of anilines is 2. The van der Waals surface area contributed by atoms with Crippen molar-refractivity contribution < 1.29 is 17.9 Å². The fourth-order valence-corrected chi connectivity index (χ4v) is 7.35. The molecule has 8 rings (SSSR count). The van der Waals surface area contributed by atoms with E-state index in [0.29, 0.717) is 26.6 Å². The maximum absolute atomic E-state index is 13.5. The molecule has 2 aliphatic heterocycles. The first kappa shape index (κ1) is 25.7. The summed E-state index contributed by atoms with van der Waals surface area (Å²) in [5.41, 5.74) is 4.04. The fraction of sp³-hybridized carbons (Fsp3) is 0.111. The molecule has 0 bridgehead atoms. The lowest BCUT2D eigenvalue weighted by atomic mass is 10.0. The Bertz CT molecular complexity index is 1960. The van der Waals surface area contributed by atoms with E-state index in [0.717, 1.165) is 55.5 Å². The standard InChI is InChI=1S/C36H28N2O4S/c39-43(40,31-17-13-29(14-18-31)37-21-27-11-9-25-5-1-3-7-33(25)35(27)41-23-37)32-19-15-30(16-20-32)38-22-28-12-10-26-6-2-4-8-34(26)36(28)42-24-38/h1-20H,21-24H2. The molecule has 0 atom stereocenters. The van der Waals surface area contributed by atoms with Crippen molar-refractivity contribution >= 4 is 42.8 Å². The number of nitrogens with zero attached hydrogens (tertiary/aromatic N) is 2. The molecule has 0 aromatic heterocycles. The summed E-state index contributed by atoms with van der Waals surface area (Å²) in [7, 11) is -3.68. The molecule has 0 amide bonds. The Balaban J connectivity index is 0.986. The summed E-state index contributed by atoms with van der Waals surface area (Å²) in [4.78, 5) is 4.72. The van der Waals surface area contributed by atoms with Crippen LogP contribution in [0, 0.1) is 0 Å². The Labute approximate surface area is 250 Å². The van der Waals surface area contributed by atoms with E-state index in [-0.39, 0.29) is 9.79 Å². The van der Waals surface area contributed by atoms with Gasteiger partial charge < -0.3 is 19.3 Å². The van der Waals surface area contributed by atoms with E-state index in [9.17, 15) is 8.42 Å². The summed E-state index contributed by atoms with van der Waals surface area (Å²) < 4.78 is 39.3. The molecule has 2 heterocycles. The predicted molar refractivity (Wildman–Crippen MR) is 170 cm³/mol. The van der Waals surface area contributed by atoms with Gasteiger partial charge in [-0.25, -0.2) is 8.42 Å². The lowest BCUT2D eigenvalue weighted by Crippen LogP contribution is -2.32. The first-order valence-electron chi connectivity index (χ1n) is 14.3. The van der Waals surface area contributed by atoms with Gasteiger partial charge in [-0.2, -0.15) is 0 Å². The Morgan fingerprint density at radius 3 is 1.35 bits per heavy atom. The van der Waals surface area contributed by atoms with Crippen molar-refractivity contribution in [1.29, 1.82) is 0 Å². The average molecular weight is 585 g/mol. The summed E-state index contributed by atoms with van der Waals surface area (Å²) >= 11 is 0. The molecule has 0 fully saturated rings. The van der Waals surface area contributed by atoms with Crippen LogP contribution >= 0.6 is 0 Å². The van der Waals surface area contributed by atoms with Crippen molar-refractivity contribution in [2.75, 3.05) is 23.3 Å². The quantitative estimate of drug-likeness (QED) is 0.213. The molecule has 0 radical (unpaired) electrons. The third kappa shape index (κ3) is 4.44. The second-order valence-corrected chi connectivity index (χ2v) is 12.9. The molecule has 0 saturated carbocycles. The summed E-state index contributed by atoms with van der Waals surface area (Å²) in [5.74, 6) is 1.84. The molecule has 7 heteroatoms. The average Bonchev–Trinajstić information content (AvgIpc) is 3.07. The number of hydrogen-bond donors (Lipinski definition) is 0. The first-order chi connectivity index (χ1) is 21.0. The molecule has 212 valence electrons. The van der Waals surface area contributed by atoms with Crippen LogP contribution in [0.3, 0.4) is 0 Å². The molecule has 0 N–H and O–H groups in total. The number of rotatable bonds is 4. The van der Waals surface area contributed by atoms with E-state index < -0.39 is 9.84 Å². The van der Waals surface area contributed by atoms with E-state index in [1.807, 2.05) is 48.5 Å². The molecule has 6 aromatic carbocycles. The zero-order valence-electron chi connectivity index (χ0n) is 23.3. The Kier molecular flexibility index (Phi) is 6.01. The molecule has 6 nitrogen and oxygen atoms in total. The monoisotopic (exact) mass is 584 g/mol. The third-order valence-electron chi connectivity index (χ3n) is 8.40. The van der Waals surface area contributed by atoms with Crippen LogP contribution in [-0.4, -0.2) is 21.9 Å². The van der Waals surface area contributed by atoms with Gasteiger partial charge in [-0.15, -0.1) is 0 Å². The van der Waals surface area contributed by atoms with E-state index in [4.69, 9.17) is 9.47 Å². The number of fused-ring (bicyclic) bond motifs is 6. The summed E-state index contributed by atoms with van der Waals surface area (Å²) in [5, 5.41) is 4.53. The van der Waals surface area contributed by atoms with E-state index in [1.54, 1.807) is 24.3 Å². The van der Waals surface area contributed by atoms with Crippen LogP contribution in [0.4, 0.5) is 11.4 Å². The summed E-state index contributed by atoms with van der Waals surface area (Å²) in [6.45, 7) is 2.17. The highest BCUT2D eigenvalue weighted by atomic mass is 32.2. The Morgan fingerprint density at radius 1 is 0.488 bits per heavy atom. The first-order valence-corrected chi connectivity index (χ1v) is 15.7. The van der Waals surface area contributed by atoms with Crippen LogP contribution in [0.15, 0.2) is 131 Å². The molecular formula is C36H28N2O4S. The minimum absolute atomic E-state index is 0.260. The van der Waals surface area contributed by atoms with Gasteiger partial charge in [0.1, 0.15) is 11.5 Å². The molecular weight excluding hydrogens is 556 g/mol. The van der Waals surface area contributed by atoms with Crippen LogP contribution in [0.5, 0.6) is 11.5 Å². The van der Waals surface area contributed by atoms with Gasteiger partial charge in [-0.1, -0.05) is 72.8 Å². The lowest BCUT2D eigenvalue weighted by Gasteiger charge is -2.31. The second-order valence-electron chi connectivity index (χ2n) is 11.0. The minimum atomic E-state index is -3.68. The van der Waals surface area contributed by atoms with Crippen molar-refractivity contribution in [2.24, 2.45) is 0 Å². The van der Waals surface area contributed by atoms with Crippen LogP contribution in [-0.2, 0) is 22.9 Å². The minimum Gasteiger partial charge on any atom is -0.472 e. The Morgan fingerprint density at radius 2 is 0.907 bits per heavy atom. The van der Waals surface area contributed by atoms with Crippen molar-refractivity contribution in [1.82, 2.24) is 0 Å². The second kappa shape index (κ2) is 10.1. The molecule has 0 saturated heterocycles. The normalized spacial score (nSPS) is 14.6. The molecule has 0 spiro atoms. The molecule has 6 aromatic rings. The topological polar surface area (TPSA) is 59.1 Å². The van der Waals surface area contributed by atoms with Crippen molar-refractivity contribution in [3.8, 4) is 11.5 Å². The van der Waals surface area contributed by atoms with Gasteiger partial charge >= 0.3 is 0 Å². The van der Waals surface area contributed by atoms with Gasteiger partial charge in [-0.05, 0) is 59.3 Å². The maximum Gasteiger partial charge on any atom is 0.206 e. The number of ether oxygens (including phenoxy) is 2. The number of hydrogen-bond acceptors (Lipinski definition) is 6. The van der Waals surface area contributed by atoms with Crippen LogP contribution < -0.4 is 19.3 Å². The number of benzene rings is 6. The molecule has 0 aliphatic carbocycles. The molecule has 43 heavy (non-hydrogen) atoms. The molecule has 2 aliphatic rings. The van der Waals surface area contributed by atoms with Crippen molar-refractivity contribution in [3.05, 3.63) is 132 Å². The van der Waals surface area contributed by atoms with Gasteiger partial charge in [0, 0.05) is 46.4 Å². The zero-order valence-corrected chi connectivity index (χ0v) is 24.1. The Hall–Kier alpha value is -5.01. The van der Waals surface area contributed by atoms with Gasteiger partial charge in [-0.3, -0.25) is 0 Å². The fourth-order valence-electron chi connectivity index (χ4n) is 6.09. The highest BCUT2D eigenvalue weighted by Gasteiger charge is 2.23. The van der Waals surface area contributed by atoms with Gasteiger partial charge in [0.25, 0.3) is 0 Å². The van der Waals surface area contributed by atoms with Crippen LogP contribution in [0.25, 0.3) is 21.5 Å². The van der Waals surface area contributed by atoms with Gasteiger partial charge in [0.2, 0.25) is 9.84 Å². The van der Waals surface area contributed by atoms with Gasteiger partial charge in [0.15, 0.2) is 13.5 Å². The van der Waals surface area contributed by atoms with Gasteiger partial charge in [0.05, 0.1) is 9.79 Å². The van der Waals surface area contributed by atoms with E-state index in [1.165, 1.54) is 0 Å².